The summed E-state index contributed by atoms with van der Waals surface area (Å²) in [6.45, 7) is 2.16. The van der Waals surface area contributed by atoms with E-state index in [2.05, 4.69) is 13.0 Å². The predicted molar refractivity (Wildman–Crippen MR) is 97.1 cm³/mol. The van der Waals surface area contributed by atoms with E-state index in [-0.39, 0.29) is 30.5 Å². The summed E-state index contributed by atoms with van der Waals surface area (Å²) in [7, 11) is 0. The molecule has 0 amide bonds. The molecule has 0 spiro atoms. The van der Waals surface area contributed by atoms with Crippen LogP contribution in [0.1, 0.15) is 64.7 Å². The number of rotatable bonds is 12. The van der Waals surface area contributed by atoms with Crippen molar-refractivity contribution in [3.8, 4) is 0 Å². The molecule has 25 heavy (non-hydrogen) atoms. The van der Waals surface area contributed by atoms with Crippen LogP contribution in [0, 0.1) is 11.8 Å². The molecule has 0 saturated heterocycles. The smallest absolute Gasteiger partial charge is 0.303 e. The lowest BCUT2D eigenvalue weighted by atomic mass is 9.90. The Labute approximate surface area is 150 Å². The molecule has 5 heteroatoms. The molecule has 5 nitrogen and oxygen atoms in total. The van der Waals surface area contributed by atoms with Crippen molar-refractivity contribution in [3.05, 3.63) is 24.3 Å². The minimum Gasteiger partial charge on any atom is -0.481 e. The number of carboxylic acids is 1. The summed E-state index contributed by atoms with van der Waals surface area (Å²) in [4.78, 5) is 22.6. The standard InChI is InChI=1S/C20H32O5/c1-2-3-4-5-6-7-10-16-17(19(23)14-18(16)22)13-12-15(21)9-8-11-20(24)25/h6-7,12-13,15-18,21-22H,2-5,8-11,14H2,1H3,(H,24,25)/b7-6-,13-12+/t15-,16-,17-,18-/m1/s1. The van der Waals surface area contributed by atoms with Crippen molar-refractivity contribution in [2.45, 2.75) is 76.9 Å². The zero-order valence-corrected chi connectivity index (χ0v) is 15.1. The van der Waals surface area contributed by atoms with Gasteiger partial charge in [0.05, 0.1) is 12.2 Å². The molecule has 0 aliphatic heterocycles. The number of aliphatic hydroxyl groups excluding tert-OH is 2. The molecule has 0 heterocycles. The fraction of sp³-hybridized carbons (Fsp3) is 0.700. The number of aliphatic carboxylic acids is 1. The Bertz CT molecular complexity index is 469. The number of unbranched alkanes of at least 4 members (excludes halogenated alkanes) is 3. The van der Waals surface area contributed by atoms with E-state index in [4.69, 9.17) is 5.11 Å². The van der Waals surface area contributed by atoms with Gasteiger partial charge in [-0.2, -0.15) is 0 Å². The zero-order valence-electron chi connectivity index (χ0n) is 15.1. The normalized spacial score (nSPS) is 25.2. The number of aliphatic hydroxyl groups is 2. The lowest BCUT2D eigenvalue weighted by molar-refractivity contribution is -0.137. The zero-order chi connectivity index (χ0) is 18.7. The van der Waals surface area contributed by atoms with Gasteiger partial charge in [0.15, 0.2) is 0 Å². The number of carbonyl (C=O) groups is 2. The Balaban J connectivity index is 2.49. The van der Waals surface area contributed by atoms with Crippen LogP contribution in [0.3, 0.4) is 0 Å². The predicted octanol–water partition coefficient (Wildman–Crippen LogP) is 3.25. The quantitative estimate of drug-likeness (QED) is 0.370. The third-order valence-electron chi connectivity index (χ3n) is 4.72. The Morgan fingerprint density at radius 2 is 2.04 bits per heavy atom. The molecule has 0 aromatic rings. The largest absolute Gasteiger partial charge is 0.481 e. The van der Waals surface area contributed by atoms with Crippen LogP contribution in [-0.2, 0) is 9.59 Å². The van der Waals surface area contributed by atoms with Crippen LogP contribution in [0.25, 0.3) is 0 Å². The third-order valence-corrected chi connectivity index (χ3v) is 4.72. The van der Waals surface area contributed by atoms with Gasteiger partial charge < -0.3 is 15.3 Å². The number of hydrogen-bond acceptors (Lipinski definition) is 4. The molecule has 0 aromatic carbocycles. The molecule has 1 fully saturated rings. The highest BCUT2D eigenvalue weighted by Crippen LogP contribution is 2.33. The summed E-state index contributed by atoms with van der Waals surface area (Å²) in [5, 5.41) is 28.6. The number of Topliss-reactive ketones (excluding diaryl/α,β-unsaturated/α-hetero) is 1. The molecule has 1 rings (SSSR count). The van der Waals surface area contributed by atoms with Gasteiger partial charge in [-0.15, -0.1) is 0 Å². The summed E-state index contributed by atoms with van der Waals surface area (Å²) >= 11 is 0. The minimum absolute atomic E-state index is 0.00543. The van der Waals surface area contributed by atoms with Crippen LogP contribution >= 0.6 is 0 Å². The Morgan fingerprint density at radius 1 is 1.28 bits per heavy atom. The molecular weight excluding hydrogens is 320 g/mol. The van der Waals surface area contributed by atoms with E-state index < -0.39 is 18.2 Å². The second-order valence-electron chi connectivity index (χ2n) is 6.87. The van der Waals surface area contributed by atoms with Crippen molar-refractivity contribution in [2.24, 2.45) is 11.8 Å². The molecule has 0 radical (unpaired) electrons. The topological polar surface area (TPSA) is 94.8 Å². The first-order valence-corrected chi connectivity index (χ1v) is 9.39. The molecule has 1 aliphatic rings. The molecule has 1 saturated carbocycles. The highest BCUT2D eigenvalue weighted by molar-refractivity contribution is 5.86. The summed E-state index contributed by atoms with van der Waals surface area (Å²) in [5.74, 6) is -1.39. The third kappa shape index (κ3) is 8.45. The average molecular weight is 352 g/mol. The maximum atomic E-state index is 12.1. The van der Waals surface area contributed by atoms with E-state index in [9.17, 15) is 19.8 Å². The number of allylic oxidation sites excluding steroid dienone is 3. The second kappa shape index (κ2) is 12.0. The van der Waals surface area contributed by atoms with Crippen molar-refractivity contribution >= 4 is 11.8 Å². The van der Waals surface area contributed by atoms with Crippen LogP contribution in [-0.4, -0.2) is 39.3 Å². The number of carboxylic acid groups (broad SMARTS) is 1. The first-order chi connectivity index (χ1) is 12.0. The number of carbonyl (C=O) groups excluding carboxylic acids is 1. The summed E-state index contributed by atoms with van der Waals surface area (Å²) in [5.41, 5.74) is 0. The second-order valence-corrected chi connectivity index (χ2v) is 6.87. The Morgan fingerprint density at radius 3 is 2.72 bits per heavy atom. The van der Waals surface area contributed by atoms with Crippen LogP contribution in [0.2, 0.25) is 0 Å². The lowest BCUT2D eigenvalue weighted by Crippen LogP contribution is -2.19. The van der Waals surface area contributed by atoms with Gasteiger partial charge >= 0.3 is 5.97 Å². The van der Waals surface area contributed by atoms with Gasteiger partial charge in [0, 0.05) is 24.7 Å². The first kappa shape index (κ1) is 21.6. The molecule has 0 unspecified atom stereocenters. The fourth-order valence-electron chi connectivity index (χ4n) is 3.22. The van der Waals surface area contributed by atoms with Crippen molar-refractivity contribution in [2.75, 3.05) is 0 Å². The van der Waals surface area contributed by atoms with Crippen LogP contribution in [0.15, 0.2) is 24.3 Å². The maximum absolute atomic E-state index is 12.1. The monoisotopic (exact) mass is 352 g/mol. The summed E-state index contributed by atoms with van der Waals surface area (Å²) in [6, 6.07) is 0. The molecule has 0 bridgehead atoms. The maximum Gasteiger partial charge on any atom is 0.303 e. The van der Waals surface area contributed by atoms with Gasteiger partial charge in [-0.05, 0) is 32.1 Å². The SMILES string of the molecule is CCCCC/C=C\C[C@H]1[C@H](O)CC(=O)[C@@H]1/C=C/[C@H](O)CCCC(=O)O. The Kier molecular flexibility index (Phi) is 10.3. The highest BCUT2D eigenvalue weighted by Gasteiger charge is 2.39. The van der Waals surface area contributed by atoms with Crippen LogP contribution < -0.4 is 0 Å². The van der Waals surface area contributed by atoms with E-state index in [1.54, 1.807) is 12.2 Å². The summed E-state index contributed by atoms with van der Waals surface area (Å²) < 4.78 is 0. The Hall–Kier alpha value is -1.46. The van der Waals surface area contributed by atoms with Gasteiger partial charge in [-0.3, -0.25) is 9.59 Å². The molecule has 3 N–H and O–H groups in total. The van der Waals surface area contributed by atoms with Crippen molar-refractivity contribution < 1.29 is 24.9 Å². The van der Waals surface area contributed by atoms with E-state index in [1.165, 1.54) is 12.8 Å². The van der Waals surface area contributed by atoms with Crippen molar-refractivity contribution in [1.82, 2.24) is 0 Å². The fourth-order valence-corrected chi connectivity index (χ4v) is 3.22. The van der Waals surface area contributed by atoms with Gasteiger partial charge in [0.2, 0.25) is 0 Å². The van der Waals surface area contributed by atoms with E-state index in [1.807, 2.05) is 6.08 Å². The van der Waals surface area contributed by atoms with Gasteiger partial charge in [0.25, 0.3) is 0 Å². The van der Waals surface area contributed by atoms with E-state index in [0.717, 1.165) is 12.8 Å². The molecule has 1 aliphatic carbocycles. The van der Waals surface area contributed by atoms with Gasteiger partial charge in [-0.25, -0.2) is 0 Å². The first-order valence-electron chi connectivity index (χ1n) is 9.39. The van der Waals surface area contributed by atoms with E-state index >= 15 is 0 Å². The van der Waals surface area contributed by atoms with Gasteiger partial charge in [0.1, 0.15) is 5.78 Å². The molecule has 0 aromatic heterocycles. The lowest BCUT2D eigenvalue weighted by Gasteiger charge is -2.17. The van der Waals surface area contributed by atoms with Gasteiger partial charge in [-0.1, -0.05) is 44.1 Å². The number of hydrogen-bond donors (Lipinski definition) is 3. The molecule has 4 atom stereocenters. The van der Waals surface area contributed by atoms with Crippen molar-refractivity contribution in [3.63, 3.8) is 0 Å². The average Bonchev–Trinajstić information content (AvgIpc) is 2.81. The number of ketones is 1. The van der Waals surface area contributed by atoms with Crippen molar-refractivity contribution in [1.29, 1.82) is 0 Å². The van der Waals surface area contributed by atoms with Crippen LogP contribution in [0.5, 0.6) is 0 Å². The molecular formula is C20H32O5. The van der Waals surface area contributed by atoms with E-state index in [0.29, 0.717) is 19.3 Å². The van der Waals surface area contributed by atoms with Crippen LogP contribution in [0.4, 0.5) is 0 Å². The molecule has 142 valence electrons. The minimum atomic E-state index is -0.879. The highest BCUT2D eigenvalue weighted by atomic mass is 16.4. The summed E-state index contributed by atoms with van der Waals surface area (Å²) in [6.07, 6.45) is 12.2.